The lowest BCUT2D eigenvalue weighted by Gasteiger charge is -2.40. The quantitative estimate of drug-likeness (QED) is 0.0257. The average molecular weight is 883 g/mol. The van der Waals surface area contributed by atoms with Crippen molar-refractivity contribution in [1.29, 1.82) is 0 Å². The predicted octanol–water partition coefficient (Wildman–Crippen LogP) is 8.96. The molecule has 336 valence electrons. The molecule has 0 saturated carbocycles. The van der Waals surface area contributed by atoms with E-state index in [1.165, 1.54) is 60.7 Å². The predicted molar refractivity (Wildman–Crippen MR) is 239 cm³/mol. The first-order valence-corrected chi connectivity index (χ1v) is 23.1. The molecule has 0 N–H and O–H groups in total. The maximum atomic E-state index is 13.3. The van der Waals surface area contributed by atoms with Crippen molar-refractivity contribution < 1.29 is 55.9 Å². The van der Waals surface area contributed by atoms with Gasteiger partial charge in [0.1, 0.15) is 23.0 Å². The normalized spacial score (nSPS) is 15.4. The summed E-state index contributed by atoms with van der Waals surface area (Å²) in [7, 11) is -3.91. The van der Waals surface area contributed by atoms with E-state index in [-0.39, 0.29) is 32.1 Å². The van der Waals surface area contributed by atoms with Crippen LogP contribution in [0.1, 0.15) is 63.5 Å². The zero-order chi connectivity index (χ0) is 44.4. The van der Waals surface area contributed by atoms with Crippen LogP contribution >= 0.6 is 0 Å². The zero-order valence-corrected chi connectivity index (χ0v) is 37.0. The van der Waals surface area contributed by atoms with Gasteiger partial charge in [0.2, 0.25) is 9.84 Å². The molecule has 2 heterocycles. The van der Waals surface area contributed by atoms with Crippen molar-refractivity contribution in [2.24, 2.45) is 10.8 Å². The van der Waals surface area contributed by atoms with Crippen LogP contribution in [-0.4, -0.2) is 86.4 Å². The SMILES string of the molecule is CCC1(COCCCCOc2ccc(C=CC(=O)Oc3ccc(S(=O)(=O)c4ccc(OC(=O)C=Cc5ccc(OCCCCOCC6(CC)COC6)cc5)cc4)cc3)cc2)COC1. The second-order valence-electron chi connectivity index (χ2n) is 16.0. The molecule has 0 spiro atoms. The molecule has 63 heavy (non-hydrogen) atoms. The summed E-state index contributed by atoms with van der Waals surface area (Å²) in [5, 5.41) is 0. The Hall–Kier alpha value is -5.31. The van der Waals surface area contributed by atoms with E-state index in [1.54, 1.807) is 12.2 Å². The smallest absolute Gasteiger partial charge is 0.336 e. The van der Waals surface area contributed by atoms with E-state index >= 15 is 0 Å². The summed E-state index contributed by atoms with van der Waals surface area (Å²) < 4.78 is 71.4. The molecular weight excluding hydrogens is 825 g/mol. The number of ether oxygens (including phenoxy) is 8. The highest BCUT2D eigenvalue weighted by molar-refractivity contribution is 7.91. The van der Waals surface area contributed by atoms with Crippen LogP contribution in [0.3, 0.4) is 0 Å². The average Bonchev–Trinajstić information content (AvgIpc) is 3.27. The summed E-state index contributed by atoms with van der Waals surface area (Å²) in [6.45, 7) is 11.5. The molecule has 2 saturated heterocycles. The molecule has 0 aromatic heterocycles. The molecule has 12 nitrogen and oxygen atoms in total. The number of sulfone groups is 1. The number of unbranched alkanes of at least 4 members (excludes halogenated alkanes) is 2. The van der Waals surface area contributed by atoms with Crippen molar-refractivity contribution in [3.05, 3.63) is 120 Å². The lowest BCUT2D eigenvalue weighted by molar-refractivity contribution is -0.150. The fourth-order valence-electron chi connectivity index (χ4n) is 6.62. The first kappa shape index (κ1) is 47.2. The van der Waals surface area contributed by atoms with Gasteiger partial charge in [0.25, 0.3) is 0 Å². The molecule has 13 heteroatoms. The van der Waals surface area contributed by atoms with Crippen LogP contribution in [0.15, 0.2) is 119 Å². The van der Waals surface area contributed by atoms with E-state index < -0.39 is 21.8 Å². The Balaban J connectivity index is 0.861. The highest BCUT2D eigenvalue weighted by Crippen LogP contribution is 2.32. The molecule has 2 aliphatic heterocycles. The fraction of sp³-hybridized carbons (Fsp3) is 0.400. The minimum atomic E-state index is -3.91. The molecular formula is C50H58O12S. The first-order valence-electron chi connectivity index (χ1n) is 21.6. The Bertz CT molecular complexity index is 2040. The maximum absolute atomic E-state index is 13.3. The van der Waals surface area contributed by atoms with E-state index in [9.17, 15) is 18.0 Å². The summed E-state index contributed by atoms with van der Waals surface area (Å²) in [6, 6.07) is 25.8. The summed E-state index contributed by atoms with van der Waals surface area (Å²) >= 11 is 0. The molecule has 0 radical (unpaired) electrons. The number of hydrogen-bond acceptors (Lipinski definition) is 12. The number of esters is 2. The van der Waals surface area contributed by atoms with Gasteiger partial charge in [0, 0.05) is 36.2 Å². The van der Waals surface area contributed by atoms with Gasteiger partial charge in [-0.25, -0.2) is 18.0 Å². The van der Waals surface area contributed by atoms with Crippen LogP contribution in [0.25, 0.3) is 12.2 Å². The number of hydrogen-bond donors (Lipinski definition) is 0. The molecule has 4 aromatic carbocycles. The van der Waals surface area contributed by atoms with Crippen LogP contribution in [0.4, 0.5) is 0 Å². The Morgan fingerprint density at radius 3 is 1.21 bits per heavy atom. The third-order valence-electron chi connectivity index (χ3n) is 11.1. The van der Waals surface area contributed by atoms with Crippen LogP contribution in [0.5, 0.6) is 23.0 Å². The monoisotopic (exact) mass is 882 g/mol. The molecule has 0 aliphatic carbocycles. The van der Waals surface area contributed by atoms with Gasteiger partial charge in [-0.05, 0) is 135 Å². The van der Waals surface area contributed by atoms with Gasteiger partial charge in [-0.15, -0.1) is 0 Å². The minimum Gasteiger partial charge on any atom is -0.494 e. The minimum absolute atomic E-state index is 0.00663. The Morgan fingerprint density at radius 1 is 0.524 bits per heavy atom. The van der Waals surface area contributed by atoms with Gasteiger partial charge in [-0.2, -0.15) is 0 Å². The Kier molecular flexibility index (Phi) is 17.5. The number of benzene rings is 4. The molecule has 6 rings (SSSR count). The summed E-state index contributed by atoms with van der Waals surface area (Å²) in [6.07, 6.45) is 11.6. The van der Waals surface area contributed by atoms with Crippen LogP contribution < -0.4 is 18.9 Å². The van der Waals surface area contributed by atoms with Crippen molar-refractivity contribution in [2.45, 2.75) is 62.2 Å². The van der Waals surface area contributed by atoms with Gasteiger partial charge in [-0.3, -0.25) is 0 Å². The van der Waals surface area contributed by atoms with Crippen molar-refractivity contribution in [1.82, 2.24) is 0 Å². The van der Waals surface area contributed by atoms with Crippen molar-refractivity contribution in [3.8, 4) is 23.0 Å². The first-order chi connectivity index (χ1) is 30.6. The van der Waals surface area contributed by atoms with Crippen molar-refractivity contribution >= 4 is 33.9 Å². The second kappa shape index (κ2) is 23.4. The molecule has 2 aliphatic rings. The largest absolute Gasteiger partial charge is 0.494 e. The number of carbonyl (C=O) groups excluding carboxylic acids is 2. The second-order valence-corrected chi connectivity index (χ2v) is 18.0. The highest BCUT2D eigenvalue weighted by atomic mass is 32.2. The third kappa shape index (κ3) is 14.4. The van der Waals surface area contributed by atoms with Gasteiger partial charge in [0.15, 0.2) is 0 Å². The molecule has 2 fully saturated rings. The van der Waals surface area contributed by atoms with E-state index in [0.717, 1.165) is 101 Å². The van der Waals surface area contributed by atoms with Crippen molar-refractivity contribution in [2.75, 3.05) is 66.1 Å². The van der Waals surface area contributed by atoms with E-state index in [1.807, 2.05) is 48.5 Å². The molecule has 0 bridgehead atoms. The van der Waals surface area contributed by atoms with E-state index in [4.69, 9.17) is 37.9 Å². The molecule has 0 amide bonds. The summed E-state index contributed by atoms with van der Waals surface area (Å²) in [5.74, 6) is 0.613. The molecule has 0 atom stereocenters. The van der Waals surface area contributed by atoms with Crippen LogP contribution in [0.2, 0.25) is 0 Å². The highest BCUT2D eigenvalue weighted by Gasteiger charge is 2.37. The maximum Gasteiger partial charge on any atom is 0.336 e. The summed E-state index contributed by atoms with van der Waals surface area (Å²) in [5.41, 5.74) is 1.98. The Morgan fingerprint density at radius 2 is 0.873 bits per heavy atom. The lowest BCUT2D eigenvalue weighted by atomic mass is 9.84. The van der Waals surface area contributed by atoms with Gasteiger partial charge < -0.3 is 37.9 Å². The number of rotatable bonds is 26. The van der Waals surface area contributed by atoms with Gasteiger partial charge >= 0.3 is 11.9 Å². The van der Waals surface area contributed by atoms with Crippen LogP contribution in [-0.2, 0) is 38.4 Å². The van der Waals surface area contributed by atoms with Gasteiger partial charge in [-0.1, -0.05) is 38.1 Å². The number of carbonyl (C=O) groups is 2. The zero-order valence-electron chi connectivity index (χ0n) is 36.2. The summed E-state index contributed by atoms with van der Waals surface area (Å²) in [4.78, 5) is 25.0. The van der Waals surface area contributed by atoms with E-state index in [2.05, 4.69) is 13.8 Å². The van der Waals surface area contributed by atoms with Gasteiger partial charge in [0.05, 0.1) is 62.6 Å². The molecule has 0 unspecified atom stereocenters. The van der Waals surface area contributed by atoms with Crippen LogP contribution in [0, 0.1) is 10.8 Å². The third-order valence-corrected chi connectivity index (χ3v) is 12.9. The standard InChI is InChI=1S/C50H58O12S/c1-3-49(35-57-36-49)33-55-29-5-7-31-59-41-15-9-39(10-16-41)13-27-47(51)61-43-19-23-45(24-20-43)63(53,54)46-25-21-44(22-26-46)62-48(52)28-14-40-11-17-42(18-12-40)60-32-8-6-30-56-34-50(4-2)37-58-38-50/h9-28H,3-8,29-38H2,1-2H3. The van der Waals surface area contributed by atoms with Crippen molar-refractivity contribution in [3.63, 3.8) is 0 Å². The topological polar surface area (TPSA) is 142 Å². The Labute approximate surface area is 371 Å². The molecule has 4 aromatic rings. The lowest BCUT2D eigenvalue weighted by Crippen LogP contribution is -2.45. The van der Waals surface area contributed by atoms with E-state index in [0.29, 0.717) is 26.4 Å². The fourth-order valence-corrected chi connectivity index (χ4v) is 7.88.